The normalized spacial score (nSPS) is 11.4. The van der Waals surface area contributed by atoms with Gasteiger partial charge in [0.15, 0.2) is 11.6 Å². The van der Waals surface area contributed by atoms with Gasteiger partial charge in [-0.25, -0.2) is 8.78 Å². The van der Waals surface area contributed by atoms with E-state index in [0.717, 1.165) is 23.1 Å². The summed E-state index contributed by atoms with van der Waals surface area (Å²) in [6.45, 7) is 4.66. The summed E-state index contributed by atoms with van der Waals surface area (Å²) < 4.78 is 38.3. The molecule has 3 rings (SSSR count). The summed E-state index contributed by atoms with van der Waals surface area (Å²) in [5, 5.41) is 0. The highest BCUT2D eigenvalue weighted by atomic mass is 19.2. The van der Waals surface area contributed by atoms with Gasteiger partial charge in [-0.3, -0.25) is 0 Å². The van der Waals surface area contributed by atoms with Gasteiger partial charge in [0, 0.05) is 5.41 Å². The molecule has 0 atom stereocenters. The summed E-state index contributed by atoms with van der Waals surface area (Å²) in [5.74, 6) is -0.172. The fourth-order valence-corrected chi connectivity index (χ4v) is 2.75. The zero-order valence-corrected chi connectivity index (χ0v) is 15.4. The van der Waals surface area contributed by atoms with Crippen molar-refractivity contribution in [3.8, 4) is 11.5 Å². The molecule has 0 bridgehead atoms. The monoisotopic (exact) mass is 368 g/mol. The Hall–Kier alpha value is -2.72. The fourth-order valence-electron chi connectivity index (χ4n) is 2.75. The highest BCUT2D eigenvalue weighted by Crippen LogP contribution is 2.26. The minimum atomic E-state index is -0.842. The van der Waals surface area contributed by atoms with E-state index in [0.29, 0.717) is 18.8 Å². The molecule has 0 amide bonds. The Morgan fingerprint density at radius 1 is 0.778 bits per heavy atom. The number of hydrogen-bond donors (Lipinski definition) is 0. The molecule has 3 aromatic carbocycles. The van der Waals surface area contributed by atoms with Gasteiger partial charge in [0.05, 0.1) is 13.2 Å². The second-order valence-corrected chi connectivity index (χ2v) is 7.07. The van der Waals surface area contributed by atoms with Crippen molar-refractivity contribution < 1.29 is 18.3 Å². The van der Waals surface area contributed by atoms with E-state index in [-0.39, 0.29) is 0 Å². The molecule has 2 nitrogen and oxygen atoms in total. The van der Waals surface area contributed by atoms with Gasteiger partial charge in [0.25, 0.3) is 0 Å². The number of halogens is 2. The van der Waals surface area contributed by atoms with Crippen LogP contribution in [0.3, 0.4) is 0 Å². The second-order valence-electron chi connectivity index (χ2n) is 7.07. The van der Waals surface area contributed by atoms with Crippen molar-refractivity contribution in [3.63, 3.8) is 0 Å². The lowest BCUT2D eigenvalue weighted by Crippen LogP contribution is -2.24. The first-order valence-electron chi connectivity index (χ1n) is 8.79. The van der Waals surface area contributed by atoms with Gasteiger partial charge >= 0.3 is 0 Å². The van der Waals surface area contributed by atoms with E-state index >= 15 is 0 Å². The number of benzene rings is 3. The van der Waals surface area contributed by atoms with E-state index in [1.165, 1.54) is 6.07 Å². The van der Waals surface area contributed by atoms with Gasteiger partial charge in [0.2, 0.25) is 0 Å². The van der Waals surface area contributed by atoms with Crippen LogP contribution in [0, 0.1) is 11.6 Å². The van der Waals surface area contributed by atoms with Gasteiger partial charge in [0.1, 0.15) is 11.5 Å². The SMILES string of the molecule is CC(C)(COCc1cccc(Oc2ccccc2)c1)c1ccc(F)c(F)c1. The van der Waals surface area contributed by atoms with Crippen LogP contribution >= 0.6 is 0 Å². The quantitative estimate of drug-likeness (QED) is 0.491. The van der Waals surface area contributed by atoms with Crippen molar-refractivity contribution in [2.45, 2.75) is 25.9 Å². The Morgan fingerprint density at radius 2 is 1.52 bits per heavy atom. The maximum atomic E-state index is 13.5. The predicted octanol–water partition coefficient (Wildman–Crippen LogP) is 6.25. The molecular weight excluding hydrogens is 346 g/mol. The van der Waals surface area contributed by atoms with Crippen LogP contribution in [0.2, 0.25) is 0 Å². The van der Waals surface area contributed by atoms with E-state index < -0.39 is 17.0 Å². The van der Waals surface area contributed by atoms with E-state index in [9.17, 15) is 8.78 Å². The standard InChI is InChI=1S/C23H22F2O2/c1-23(2,18-11-12-21(24)22(25)14-18)16-26-15-17-7-6-10-20(13-17)27-19-8-4-3-5-9-19/h3-14H,15-16H2,1-2H3. The molecule has 140 valence electrons. The highest BCUT2D eigenvalue weighted by molar-refractivity contribution is 5.33. The van der Waals surface area contributed by atoms with Gasteiger partial charge < -0.3 is 9.47 Å². The van der Waals surface area contributed by atoms with E-state index in [4.69, 9.17) is 9.47 Å². The zero-order chi connectivity index (χ0) is 19.3. The van der Waals surface area contributed by atoms with E-state index in [1.54, 1.807) is 6.07 Å². The van der Waals surface area contributed by atoms with E-state index in [2.05, 4.69) is 0 Å². The molecule has 3 aromatic rings. The van der Waals surface area contributed by atoms with Gasteiger partial charge in [-0.05, 0) is 47.5 Å². The average Bonchev–Trinajstić information content (AvgIpc) is 2.65. The van der Waals surface area contributed by atoms with Crippen LogP contribution in [0.25, 0.3) is 0 Å². The molecule has 0 N–H and O–H groups in total. The molecule has 0 saturated heterocycles. The molecular formula is C23H22F2O2. The Bertz CT molecular complexity index is 892. The molecule has 4 heteroatoms. The van der Waals surface area contributed by atoms with Gasteiger partial charge in [-0.15, -0.1) is 0 Å². The number of ether oxygens (including phenoxy) is 2. The number of rotatable bonds is 7. The molecule has 0 aliphatic heterocycles. The first kappa shape index (κ1) is 19.1. The molecule has 0 unspecified atom stereocenters. The van der Waals surface area contributed by atoms with E-state index in [1.807, 2.05) is 68.4 Å². The third-order valence-corrected chi connectivity index (χ3v) is 4.31. The maximum Gasteiger partial charge on any atom is 0.159 e. The van der Waals surface area contributed by atoms with Crippen LogP contribution in [-0.4, -0.2) is 6.61 Å². The third-order valence-electron chi connectivity index (χ3n) is 4.31. The van der Waals surface area contributed by atoms with Crippen LogP contribution in [0.1, 0.15) is 25.0 Å². The van der Waals surface area contributed by atoms with Crippen LogP contribution in [0.5, 0.6) is 11.5 Å². The summed E-state index contributed by atoms with van der Waals surface area (Å²) >= 11 is 0. The first-order chi connectivity index (χ1) is 12.9. The highest BCUT2D eigenvalue weighted by Gasteiger charge is 2.22. The van der Waals surface area contributed by atoms with Crippen LogP contribution in [0.15, 0.2) is 72.8 Å². The minimum Gasteiger partial charge on any atom is -0.457 e. The van der Waals surface area contributed by atoms with Gasteiger partial charge in [-0.2, -0.15) is 0 Å². The summed E-state index contributed by atoms with van der Waals surface area (Å²) in [6, 6.07) is 21.2. The summed E-state index contributed by atoms with van der Waals surface area (Å²) in [4.78, 5) is 0. The number of hydrogen-bond acceptors (Lipinski definition) is 2. The average molecular weight is 368 g/mol. The smallest absolute Gasteiger partial charge is 0.159 e. The first-order valence-corrected chi connectivity index (χ1v) is 8.79. The predicted molar refractivity (Wildman–Crippen MR) is 102 cm³/mol. The fraction of sp³-hybridized carbons (Fsp3) is 0.217. The second kappa shape index (κ2) is 8.31. The molecule has 0 spiro atoms. The molecule has 0 heterocycles. The molecule has 0 radical (unpaired) electrons. The third kappa shape index (κ3) is 5.14. The van der Waals surface area contributed by atoms with Crippen molar-refractivity contribution in [2.24, 2.45) is 0 Å². The minimum absolute atomic E-state index is 0.377. The zero-order valence-electron chi connectivity index (χ0n) is 15.4. The Kier molecular flexibility index (Phi) is 5.87. The molecule has 0 saturated carbocycles. The molecule has 0 aromatic heterocycles. The summed E-state index contributed by atoms with van der Waals surface area (Å²) in [5.41, 5.74) is 1.24. The van der Waals surface area contributed by atoms with Crippen molar-refractivity contribution in [1.82, 2.24) is 0 Å². The number of para-hydroxylation sites is 1. The van der Waals surface area contributed by atoms with Crippen LogP contribution in [0.4, 0.5) is 8.78 Å². The molecule has 27 heavy (non-hydrogen) atoms. The van der Waals surface area contributed by atoms with Crippen LogP contribution < -0.4 is 4.74 Å². The summed E-state index contributed by atoms with van der Waals surface area (Å²) in [6.07, 6.45) is 0. The molecule has 0 aliphatic rings. The largest absolute Gasteiger partial charge is 0.457 e. The Morgan fingerprint density at radius 3 is 2.26 bits per heavy atom. The Balaban J connectivity index is 1.59. The lowest BCUT2D eigenvalue weighted by Gasteiger charge is -2.25. The lowest BCUT2D eigenvalue weighted by molar-refractivity contribution is 0.0823. The summed E-state index contributed by atoms with van der Waals surface area (Å²) in [7, 11) is 0. The van der Waals surface area contributed by atoms with Crippen molar-refractivity contribution in [2.75, 3.05) is 6.61 Å². The van der Waals surface area contributed by atoms with Crippen molar-refractivity contribution in [3.05, 3.63) is 95.6 Å². The Labute approximate surface area is 158 Å². The topological polar surface area (TPSA) is 18.5 Å². The molecule has 0 aliphatic carbocycles. The van der Waals surface area contributed by atoms with Crippen LogP contribution in [-0.2, 0) is 16.8 Å². The molecule has 0 fully saturated rings. The lowest BCUT2D eigenvalue weighted by atomic mass is 9.85. The maximum absolute atomic E-state index is 13.5. The van der Waals surface area contributed by atoms with Crippen molar-refractivity contribution in [1.29, 1.82) is 0 Å². The van der Waals surface area contributed by atoms with Crippen molar-refractivity contribution >= 4 is 0 Å². The van der Waals surface area contributed by atoms with Gasteiger partial charge in [-0.1, -0.05) is 50.2 Å².